The molecule has 0 bridgehead atoms. The quantitative estimate of drug-likeness (QED) is 0.840. The Labute approximate surface area is 143 Å². The topological polar surface area (TPSA) is 23.6 Å². The van der Waals surface area contributed by atoms with Crippen LogP contribution >= 0.6 is 11.8 Å². The van der Waals surface area contributed by atoms with Gasteiger partial charge in [0.15, 0.2) is 0 Å². The number of carbonyl (C=O) groups excluding carboxylic acids is 1. The zero-order valence-corrected chi connectivity index (χ0v) is 14.9. The Balaban J connectivity index is 1.46. The predicted octanol–water partition coefficient (Wildman–Crippen LogP) is 3.73. The number of piperidine rings is 1. The van der Waals surface area contributed by atoms with Crippen LogP contribution in [0.4, 0.5) is 0 Å². The summed E-state index contributed by atoms with van der Waals surface area (Å²) in [6.45, 7) is 6.63. The maximum absolute atomic E-state index is 12.5. The molecule has 0 atom stereocenters. The first-order valence-corrected chi connectivity index (χ1v) is 9.49. The highest BCUT2D eigenvalue weighted by molar-refractivity contribution is 8.03. The Kier molecular flexibility index (Phi) is 5.31. The minimum Gasteiger partial charge on any atom is -0.356 e. The maximum Gasteiger partial charge on any atom is 0.242 e. The van der Waals surface area contributed by atoms with E-state index in [0.29, 0.717) is 12.5 Å². The number of rotatable bonds is 4. The van der Waals surface area contributed by atoms with E-state index in [4.69, 9.17) is 0 Å². The molecule has 1 aromatic rings. The number of nitrogens with zero attached hydrogens (tertiary/aromatic N) is 2. The number of likely N-dealkylation sites (tertiary alicyclic amines) is 1. The van der Waals surface area contributed by atoms with Gasteiger partial charge in [0.25, 0.3) is 0 Å². The van der Waals surface area contributed by atoms with Gasteiger partial charge in [-0.2, -0.15) is 0 Å². The molecule has 0 aromatic heterocycles. The highest BCUT2D eigenvalue weighted by Crippen LogP contribution is 2.31. The second-order valence-electron chi connectivity index (χ2n) is 6.63. The van der Waals surface area contributed by atoms with Gasteiger partial charge in [0.05, 0.1) is 12.4 Å². The van der Waals surface area contributed by atoms with Gasteiger partial charge < -0.3 is 9.80 Å². The highest BCUT2D eigenvalue weighted by Gasteiger charge is 2.26. The Bertz CT molecular complexity index is 576. The zero-order valence-electron chi connectivity index (χ0n) is 14.1. The maximum atomic E-state index is 12.5. The van der Waals surface area contributed by atoms with Crippen LogP contribution in [0.2, 0.25) is 0 Å². The summed E-state index contributed by atoms with van der Waals surface area (Å²) in [4.78, 5) is 18.1. The molecule has 23 heavy (non-hydrogen) atoms. The largest absolute Gasteiger partial charge is 0.356 e. The lowest BCUT2D eigenvalue weighted by molar-refractivity contribution is -0.133. The summed E-state index contributed by atoms with van der Waals surface area (Å²) in [5, 5.41) is 0. The molecule has 1 saturated heterocycles. The van der Waals surface area contributed by atoms with Crippen molar-refractivity contribution in [1.82, 2.24) is 9.80 Å². The van der Waals surface area contributed by atoms with Gasteiger partial charge in [-0.25, -0.2) is 0 Å². The lowest BCUT2D eigenvalue weighted by atomic mass is 9.90. The van der Waals surface area contributed by atoms with Crippen LogP contribution in [0, 0.1) is 5.92 Å². The Morgan fingerprint density at radius 2 is 1.87 bits per heavy atom. The molecule has 3 rings (SSSR count). The van der Waals surface area contributed by atoms with E-state index in [1.165, 1.54) is 16.2 Å². The second kappa shape index (κ2) is 7.43. The minimum atomic E-state index is 0.290. The van der Waals surface area contributed by atoms with Crippen molar-refractivity contribution in [2.45, 2.75) is 33.1 Å². The molecule has 0 N–H and O–H groups in total. The van der Waals surface area contributed by atoms with Crippen LogP contribution in [0.1, 0.15) is 32.3 Å². The number of hydrogen-bond acceptors (Lipinski definition) is 3. The van der Waals surface area contributed by atoms with Crippen LogP contribution in [0.3, 0.4) is 0 Å². The molecule has 2 aliphatic heterocycles. The van der Waals surface area contributed by atoms with Crippen molar-refractivity contribution in [1.29, 1.82) is 0 Å². The lowest BCUT2D eigenvalue weighted by Gasteiger charge is -2.33. The molecule has 1 fully saturated rings. The first kappa shape index (κ1) is 16.4. The van der Waals surface area contributed by atoms with Gasteiger partial charge in [-0.05, 0) is 44.6 Å². The van der Waals surface area contributed by atoms with Crippen LogP contribution in [0.5, 0.6) is 0 Å². The average molecular weight is 330 g/mol. The molecule has 2 aliphatic rings. The van der Waals surface area contributed by atoms with E-state index >= 15 is 0 Å². The fourth-order valence-electron chi connectivity index (χ4n) is 3.36. The van der Waals surface area contributed by atoms with E-state index < -0.39 is 0 Å². The number of carbonyl (C=O) groups is 1. The molecule has 124 valence electrons. The van der Waals surface area contributed by atoms with E-state index in [9.17, 15) is 4.79 Å². The molecule has 0 spiro atoms. The average Bonchev–Trinajstić information content (AvgIpc) is 2.88. The Morgan fingerprint density at radius 3 is 2.48 bits per heavy atom. The third-order valence-electron chi connectivity index (χ3n) is 5.08. The van der Waals surface area contributed by atoms with Gasteiger partial charge in [0, 0.05) is 23.7 Å². The van der Waals surface area contributed by atoms with E-state index in [2.05, 4.69) is 54.0 Å². The summed E-state index contributed by atoms with van der Waals surface area (Å²) < 4.78 is 0. The molecule has 0 radical (unpaired) electrons. The molecule has 1 aromatic carbocycles. The van der Waals surface area contributed by atoms with E-state index in [1.807, 2.05) is 11.8 Å². The molecule has 0 unspecified atom stereocenters. The van der Waals surface area contributed by atoms with Gasteiger partial charge in [0.2, 0.25) is 5.91 Å². The fraction of sp³-hybridized carbons (Fsp3) is 0.526. The molecule has 3 nitrogen and oxygen atoms in total. The van der Waals surface area contributed by atoms with Crippen LogP contribution in [-0.4, -0.2) is 41.2 Å². The molecule has 0 aliphatic carbocycles. The third kappa shape index (κ3) is 4.11. The van der Waals surface area contributed by atoms with Gasteiger partial charge >= 0.3 is 0 Å². The van der Waals surface area contributed by atoms with Gasteiger partial charge in [-0.3, -0.25) is 4.79 Å². The van der Waals surface area contributed by atoms with Crippen molar-refractivity contribution in [3.8, 4) is 0 Å². The number of amides is 1. The van der Waals surface area contributed by atoms with Crippen LogP contribution in [0.25, 0.3) is 0 Å². The molecule has 0 saturated carbocycles. The summed E-state index contributed by atoms with van der Waals surface area (Å²) in [6.07, 6.45) is 3.40. The fourth-order valence-corrected chi connectivity index (χ4v) is 4.33. The first-order chi connectivity index (χ1) is 11.1. The van der Waals surface area contributed by atoms with E-state index in [-0.39, 0.29) is 5.91 Å². The lowest BCUT2D eigenvalue weighted by Crippen LogP contribution is -2.43. The Hall–Kier alpha value is -1.42. The molecular weight excluding hydrogens is 304 g/mol. The van der Waals surface area contributed by atoms with Gasteiger partial charge in [0.1, 0.15) is 0 Å². The van der Waals surface area contributed by atoms with Crippen molar-refractivity contribution in [3.63, 3.8) is 0 Å². The highest BCUT2D eigenvalue weighted by atomic mass is 32.2. The monoisotopic (exact) mass is 330 g/mol. The predicted molar refractivity (Wildman–Crippen MR) is 97.0 cm³/mol. The molecular formula is C19H26N2OS. The molecule has 2 heterocycles. The van der Waals surface area contributed by atoms with Crippen molar-refractivity contribution >= 4 is 17.7 Å². The first-order valence-electron chi connectivity index (χ1n) is 8.50. The number of hydrogen-bond donors (Lipinski definition) is 0. The van der Waals surface area contributed by atoms with Crippen molar-refractivity contribution < 1.29 is 4.79 Å². The minimum absolute atomic E-state index is 0.290. The summed E-state index contributed by atoms with van der Waals surface area (Å²) in [5.41, 5.74) is 2.69. The standard InChI is InChI=1S/C19H26N2OS/c1-15-16(2)23-14-21(15)13-19(22)20-10-8-18(9-11-20)12-17-6-4-3-5-7-17/h3-7,18H,8-14H2,1-2H3. The molecule has 4 heteroatoms. The van der Waals surface area contributed by atoms with Crippen LogP contribution < -0.4 is 0 Å². The molecule has 1 amide bonds. The summed E-state index contributed by atoms with van der Waals surface area (Å²) in [7, 11) is 0. The SMILES string of the molecule is CC1=C(C)N(CC(=O)N2CCC(Cc3ccccc3)CC2)CS1. The van der Waals surface area contributed by atoms with E-state index in [0.717, 1.165) is 38.2 Å². The van der Waals surface area contributed by atoms with Gasteiger partial charge in [-0.1, -0.05) is 30.3 Å². The van der Waals surface area contributed by atoms with Gasteiger partial charge in [-0.15, -0.1) is 11.8 Å². The summed E-state index contributed by atoms with van der Waals surface area (Å²) in [5.74, 6) is 1.93. The van der Waals surface area contributed by atoms with Crippen molar-refractivity contribution in [2.75, 3.05) is 25.5 Å². The number of allylic oxidation sites excluding steroid dienone is 2. The van der Waals surface area contributed by atoms with Crippen molar-refractivity contribution in [3.05, 3.63) is 46.5 Å². The normalized spacial score (nSPS) is 19.6. The van der Waals surface area contributed by atoms with E-state index in [1.54, 1.807) is 0 Å². The van der Waals surface area contributed by atoms with Crippen LogP contribution in [-0.2, 0) is 11.2 Å². The van der Waals surface area contributed by atoms with Crippen molar-refractivity contribution in [2.24, 2.45) is 5.92 Å². The number of benzene rings is 1. The number of thioether (sulfide) groups is 1. The summed E-state index contributed by atoms with van der Waals surface area (Å²) >= 11 is 1.84. The summed E-state index contributed by atoms with van der Waals surface area (Å²) in [6, 6.07) is 10.7. The smallest absolute Gasteiger partial charge is 0.242 e. The Morgan fingerprint density at radius 1 is 1.17 bits per heavy atom. The third-order valence-corrected chi connectivity index (χ3v) is 6.25. The second-order valence-corrected chi connectivity index (χ2v) is 7.79. The zero-order chi connectivity index (χ0) is 16.2. The van der Waals surface area contributed by atoms with Crippen LogP contribution in [0.15, 0.2) is 40.9 Å².